The number of halogens is 6. The minimum atomic E-state index is -4.99. The minimum Gasteiger partial charge on any atom is -0.336 e. The molecule has 3 heterocycles. The molecule has 0 fully saturated rings. The van der Waals surface area contributed by atoms with Crippen LogP contribution >= 0.6 is 34.8 Å². The van der Waals surface area contributed by atoms with Crippen LogP contribution in [0.25, 0.3) is 22.2 Å². The van der Waals surface area contributed by atoms with Crippen molar-refractivity contribution in [1.82, 2.24) is 19.1 Å². The number of hydrogen-bond acceptors (Lipinski definition) is 3. The van der Waals surface area contributed by atoms with Crippen LogP contribution in [-0.2, 0) is 18.2 Å². The molecule has 0 saturated carbocycles. The molecule has 188 valence electrons. The summed E-state index contributed by atoms with van der Waals surface area (Å²) in [5.41, 5.74) is 0.370. The van der Waals surface area contributed by atoms with Gasteiger partial charge in [-0.15, -0.1) is 24.8 Å². The van der Waals surface area contributed by atoms with Crippen LogP contribution in [0.1, 0.15) is 16.8 Å². The Labute approximate surface area is 223 Å². The number of aryl methyl sites for hydroxylation is 1. The Morgan fingerprint density at radius 1 is 0.892 bits per heavy atom. The van der Waals surface area contributed by atoms with Gasteiger partial charge in [0.1, 0.15) is 4.87 Å². The van der Waals surface area contributed by atoms with Gasteiger partial charge in [-0.1, -0.05) is 47.5 Å². The zero-order chi connectivity index (χ0) is 26.5. The maximum absolute atomic E-state index is 13.9. The molecule has 0 radical (unpaired) electrons. The fraction of sp³-hybridized carbons (Fsp3) is 0.115. The van der Waals surface area contributed by atoms with Crippen LogP contribution in [0.4, 0.5) is 13.2 Å². The number of hydrogen-bond donors (Lipinski definition) is 0. The highest BCUT2D eigenvalue weighted by molar-refractivity contribution is 6.31. The summed E-state index contributed by atoms with van der Waals surface area (Å²) in [6.45, 7) is 0. The topological polar surface area (TPSA) is 52.7 Å². The monoisotopic (exact) mass is 562 g/mol. The molecule has 0 saturated heterocycles. The first-order valence-corrected chi connectivity index (χ1v) is 11.9. The van der Waals surface area contributed by atoms with E-state index < -0.39 is 22.4 Å². The number of nitrogens with zero attached hydrogens (tertiary/aromatic N) is 4. The first kappa shape index (κ1) is 25.3. The van der Waals surface area contributed by atoms with Gasteiger partial charge in [-0.25, -0.2) is 14.5 Å². The van der Waals surface area contributed by atoms with Crippen LogP contribution in [0.15, 0.2) is 84.2 Å². The van der Waals surface area contributed by atoms with Crippen LogP contribution in [0.5, 0.6) is 0 Å². The van der Waals surface area contributed by atoms with Gasteiger partial charge in [-0.3, -0.25) is 4.79 Å². The van der Waals surface area contributed by atoms with E-state index in [0.717, 1.165) is 6.07 Å². The summed E-state index contributed by atoms with van der Waals surface area (Å²) in [5.74, 6) is 0. The Morgan fingerprint density at radius 2 is 1.62 bits per heavy atom. The lowest BCUT2D eigenvalue weighted by atomic mass is 9.87. The van der Waals surface area contributed by atoms with Crippen LogP contribution in [0.2, 0.25) is 10.0 Å². The van der Waals surface area contributed by atoms with Gasteiger partial charge >= 0.3 is 6.30 Å². The van der Waals surface area contributed by atoms with Crippen LogP contribution in [-0.4, -0.2) is 19.1 Å². The Morgan fingerprint density at radius 3 is 2.24 bits per heavy atom. The normalized spacial score (nSPS) is 13.6. The molecule has 0 bridgehead atoms. The molecule has 0 unspecified atom stereocenters. The molecule has 2 aromatic carbocycles. The van der Waals surface area contributed by atoms with Crippen LogP contribution < -0.4 is 5.56 Å². The molecule has 3 aromatic heterocycles. The number of alkyl halides is 4. The predicted octanol–water partition coefficient (Wildman–Crippen LogP) is 7.11. The Bertz CT molecular complexity index is 1700. The van der Waals surface area contributed by atoms with E-state index in [0.29, 0.717) is 32.4 Å². The van der Waals surface area contributed by atoms with E-state index in [9.17, 15) is 18.0 Å². The maximum Gasteiger partial charge on any atom is 0.493 e. The van der Waals surface area contributed by atoms with Gasteiger partial charge in [-0.2, -0.15) is 0 Å². The minimum absolute atomic E-state index is 0.0675. The predicted molar refractivity (Wildman–Crippen MR) is 138 cm³/mol. The molecule has 11 heteroatoms. The highest BCUT2D eigenvalue weighted by Crippen LogP contribution is 2.44. The van der Waals surface area contributed by atoms with Gasteiger partial charge in [-0.05, 0) is 47.0 Å². The first-order valence-electron chi connectivity index (χ1n) is 10.8. The summed E-state index contributed by atoms with van der Waals surface area (Å²) >= 11 is 19.6. The smallest absolute Gasteiger partial charge is 0.336 e. The second-order valence-corrected chi connectivity index (χ2v) is 9.80. The van der Waals surface area contributed by atoms with E-state index in [4.69, 9.17) is 34.8 Å². The second kappa shape index (κ2) is 9.20. The largest absolute Gasteiger partial charge is 0.493 e. The lowest BCUT2D eigenvalue weighted by Gasteiger charge is -2.29. The highest BCUT2D eigenvalue weighted by atomic mass is 35.5. The molecule has 37 heavy (non-hydrogen) atoms. The van der Waals surface area contributed by atoms with Gasteiger partial charge in [0, 0.05) is 40.3 Å². The van der Waals surface area contributed by atoms with Crippen molar-refractivity contribution in [2.24, 2.45) is 7.05 Å². The lowest BCUT2D eigenvalue weighted by Crippen LogP contribution is -2.32. The number of aromatic nitrogens is 4. The first-order chi connectivity index (χ1) is 17.5. The van der Waals surface area contributed by atoms with Crippen molar-refractivity contribution in [2.45, 2.75) is 11.2 Å². The molecule has 0 aliphatic rings. The van der Waals surface area contributed by atoms with Gasteiger partial charge in [0.15, 0.2) is 5.65 Å². The molecule has 0 spiro atoms. The fourth-order valence-corrected chi connectivity index (χ4v) is 5.09. The summed E-state index contributed by atoms with van der Waals surface area (Å²) in [7, 11) is 1.75. The number of pyridine rings is 2. The van der Waals surface area contributed by atoms with Crippen molar-refractivity contribution in [1.29, 1.82) is 0 Å². The van der Waals surface area contributed by atoms with E-state index in [1.807, 2.05) is 0 Å². The average Bonchev–Trinajstić information content (AvgIpc) is 3.28. The summed E-state index contributed by atoms with van der Waals surface area (Å²) < 4.78 is 43.2. The Hall–Kier alpha value is -3.33. The standard InChI is InChI=1S/C26H16Cl3F3N4O/c1-35-14-33-13-22(35)25(29,16-5-7-18(27)8-6-16)17-10-21-20(15-3-2-4-19(28)9-15)11-23(37)36(26(30,31)32)24(21)34-12-17/h2-14H,1H3/t25-/m1/s1. The highest BCUT2D eigenvalue weighted by Gasteiger charge is 2.39. The van der Waals surface area contributed by atoms with E-state index in [-0.39, 0.29) is 15.5 Å². The number of benzene rings is 2. The van der Waals surface area contributed by atoms with Crippen LogP contribution in [0, 0.1) is 0 Å². The molecule has 0 amide bonds. The van der Waals surface area contributed by atoms with Crippen molar-refractivity contribution < 1.29 is 13.2 Å². The van der Waals surface area contributed by atoms with Crippen molar-refractivity contribution in [2.75, 3.05) is 0 Å². The molecular formula is C26H16Cl3F3N4O. The summed E-state index contributed by atoms with van der Waals surface area (Å²) in [6, 6.07) is 15.7. The lowest BCUT2D eigenvalue weighted by molar-refractivity contribution is -0.203. The van der Waals surface area contributed by atoms with Gasteiger partial charge in [0.25, 0.3) is 5.56 Å². The zero-order valence-electron chi connectivity index (χ0n) is 19.0. The molecule has 0 N–H and O–H groups in total. The molecule has 0 aliphatic heterocycles. The van der Waals surface area contributed by atoms with Crippen LogP contribution in [0.3, 0.4) is 0 Å². The van der Waals surface area contributed by atoms with E-state index >= 15 is 0 Å². The van der Waals surface area contributed by atoms with Crippen molar-refractivity contribution in [3.63, 3.8) is 0 Å². The summed E-state index contributed by atoms with van der Waals surface area (Å²) in [4.78, 5) is 19.6. The third kappa shape index (κ3) is 4.39. The van der Waals surface area contributed by atoms with Crippen molar-refractivity contribution in [3.05, 3.63) is 117 Å². The van der Waals surface area contributed by atoms with E-state index in [1.165, 1.54) is 12.3 Å². The molecule has 5 aromatic rings. The van der Waals surface area contributed by atoms with Gasteiger partial charge in [0.2, 0.25) is 0 Å². The third-order valence-corrected chi connectivity index (χ3v) is 7.17. The van der Waals surface area contributed by atoms with E-state index in [1.54, 1.807) is 72.7 Å². The molecule has 5 nitrogen and oxygen atoms in total. The molecule has 0 aliphatic carbocycles. The fourth-order valence-electron chi connectivity index (χ4n) is 4.36. The molecule has 5 rings (SSSR count). The maximum atomic E-state index is 13.9. The molecular weight excluding hydrogens is 548 g/mol. The quantitative estimate of drug-likeness (QED) is 0.219. The van der Waals surface area contributed by atoms with Crippen molar-refractivity contribution in [3.8, 4) is 11.1 Å². The summed E-state index contributed by atoms with van der Waals surface area (Å²) in [5, 5.41) is 0.914. The summed E-state index contributed by atoms with van der Waals surface area (Å²) in [6.07, 6.45) is -0.622. The zero-order valence-corrected chi connectivity index (χ0v) is 21.2. The number of fused-ring (bicyclic) bond motifs is 1. The molecule has 1 atom stereocenters. The van der Waals surface area contributed by atoms with Crippen molar-refractivity contribution >= 4 is 45.8 Å². The number of imidazole rings is 1. The third-order valence-electron chi connectivity index (χ3n) is 6.06. The second-order valence-electron chi connectivity index (χ2n) is 8.36. The van der Waals surface area contributed by atoms with Gasteiger partial charge < -0.3 is 4.57 Å². The Balaban J connectivity index is 1.88. The van der Waals surface area contributed by atoms with Gasteiger partial charge in [0.05, 0.1) is 18.2 Å². The van der Waals surface area contributed by atoms with E-state index in [2.05, 4.69) is 9.97 Å². The Kier molecular flexibility index (Phi) is 6.30. The number of rotatable bonds is 4. The average molecular weight is 564 g/mol. The SMILES string of the molecule is Cn1cncc1[C@@](Cl)(c1ccc(Cl)cc1)c1cnc2c(c1)c(-c1cccc(Cl)c1)cc(=O)n2C(F)(F)F.